The maximum atomic E-state index is 12.7. The van der Waals surface area contributed by atoms with E-state index in [1.54, 1.807) is 23.2 Å². The van der Waals surface area contributed by atoms with Gasteiger partial charge in [0, 0.05) is 12.1 Å². The summed E-state index contributed by atoms with van der Waals surface area (Å²) >= 11 is 0. The Hall–Kier alpha value is -3.81. The maximum absolute atomic E-state index is 12.7. The first kappa shape index (κ1) is 17.6. The number of benzene rings is 2. The number of aromatic amines is 1. The smallest absolute Gasteiger partial charge is 0.271 e. The number of amides is 1. The van der Waals surface area contributed by atoms with Gasteiger partial charge in [-0.3, -0.25) is 19.4 Å². The van der Waals surface area contributed by atoms with E-state index in [4.69, 9.17) is 0 Å². The molecular formula is C20H17N5O3. The molecule has 4 rings (SSSR count). The van der Waals surface area contributed by atoms with Gasteiger partial charge in [0.1, 0.15) is 11.8 Å². The number of rotatable bonds is 4. The van der Waals surface area contributed by atoms with Crippen molar-refractivity contribution in [2.45, 2.75) is 19.4 Å². The monoisotopic (exact) mass is 375 g/mol. The number of aromatic nitrogens is 2. The Kier molecular flexibility index (Phi) is 4.44. The second-order valence-electron chi connectivity index (χ2n) is 6.48. The molecule has 1 aromatic heterocycles. The summed E-state index contributed by atoms with van der Waals surface area (Å²) in [5.41, 5.74) is 1.70. The minimum absolute atomic E-state index is 0.0706. The van der Waals surface area contributed by atoms with E-state index in [0.29, 0.717) is 16.6 Å². The molecule has 2 heterocycles. The van der Waals surface area contributed by atoms with E-state index < -0.39 is 11.9 Å². The molecule has 1 unspecified atom stereocenters. The molecule has 1 atom stereocenters. The Balaban J connectivity index is 1.60. The highest BCUT2D eigenvalue weighted by Gasteiger charge is 2.34. The molecule has 0 bridgehead atoms. The first-order chi connectivity index (χ1) is 13.5. The number of hydrogen-bond donors (Lipinski definition) is 2. The van der Waals surface area contributed by atoms with Crippen LogP contribution in [0.1, 0.15) is 13.3 Å². The first-order valence-electron chi connectivity index (χ1n) is 8.74. The van der Waals surface area contributed by atoms with Gasteiger partial charge in [0.15, 0.2) is 5.78 Å². The maximum Gasteiger partial charge on any atom is 0.271 e. The largest absolute Gasteiger partial charge is 0.321 e. The van der Waals surface area contributed by atoms with Gasteiger partial charge >= 0.3 is 0 Å². The zero-order valence-electron chi connectivity index (χ0n) is 15.0. The highest BCUT2D eigenvalue weighted by atomic mass is 16.2. The molecule has 8 heteroatoms. The fourth-order valence-corrected chi connectivity index (χ4v) is 3.13. The number of anilines is 2. The molecule has 0 saturated heterocycles. The number of H-pyrrole nitrogens is 1. The van der Waals surface area contributed by atoms with Crippen LogP contribution in [0.25, 0.3) is 10.9 Å². The number of carbonyl (C=O) groups excluding carboxylic acids is 2. The Morgan fingerprint density at radius 1 is 1.18 bits per heavy atom. The summed E-state index contributed by atoms with van der Waals surface area (Å²) < 4.78 is 0. The van der Waals surface area contributed by atoms with Crippen LogP contribution in [0, 0.1) is 0 Å². The topological polar surface area (TPSA) is 108 Å². The standard InChI is InChI=1S/C20H17N5O3/c1-12(26)18-10-17(24-25(18)14-5-3-2-4-6-14)20(28)23-13-7-8-16-15(9-13)19(27)22-11-21-16/h2-9,11,18H,10H2,1H3,(H,23,28)(H,21,22,27). The molecule has 140 valence electrons. The van der Waals surface area contributed by atoms with Crippen LogP contribution in [0.15, 0.2) is 64.8 Å². The molecule has 0 saturated carbocycles. The number of hydrazone groups is 1. The summed E-state index contributed by atoms with van der Waals surface area (Å²) in [6.07, 6.45) is 1.54. The molecule has 0 radical (unpaired) electrons. The van der Waals surface area contributed by atoms with Crippen LogP contribution in [-0.2, 0) is 9.59 Å². The van der Waals surface area contributed by atoms with E-state index in [2.05, 4.69) is 20.4 Å². The van der Waals surface area contributed by atoms with Gasteiger partial charge in [-0.25, -0.2) is 4.98 Å². The summed E-state index contributed by atoms with van der Waals surface area (Å²) in [7, 11) is 0. The number of para-hydroxylation sites is 1. The third-order valence-corrected chi connectivity index (χ3v) is 4.56. The molecule has 28 heavy (non-hydrogen) atoms. The van der Waals surface area contributed by atoms with Crippen LogP contribution in [0.5, 0.6) is 0 Å². The second-order valence-corrected chi connectivity index (χ2v) is 6.48. The Bertz CT molecular complexity index is 1150. The van der Waals surface area contributed by atoms with E-state index in [-0.39, 0.29) is 23.5 Å². The third-order valence-electron chi connectivity index (χ3n) is 4.56. The number of nitrogens with one attached hydrogen (secondary N) is 2. The Morgan fingerprint density at radius 2 is 1.96 bits per heavy atom. The van der Waals surface area contributed by atoms with Crippen LogP contribution < -0.4 is 15.9 Å². The molecule has 0 fully saturated rings. The van der Waals surface area contributed by atoms with Crippen molar-refractivity contribution >= 4 is 39.7 Å². The number of fused-ring (bicyclic) bond motifs is 1. The Morgan fingerprint density at radius 3 is 2.71 bits per heavy atom. The molecule has 2 N–H and O–H groups in total. The molecule has 3 aromatic rings. The van der Waals surface area contributed by atoms with Crippen LogP contribution in [0.2, 0.25) is 0 Å². The van der Waals surface area contributed by atoms with E-state index in [1.165, 1.54) is 13.3 Å². The molecule has 0 aliphatic carbocycles. The fourth-order valence-electron chi connectivity index (χ4n) is 3.13. The van der Waals surface area contributed by atoms with Crippen molar-refractivity contribution in [3.05, 3.63) is 65.2 Å². The van der Waals surface area contributed by atoms with Gasteiger partial charge in [-0.1, -0.05) is 18.2 Å². The predicted octanol–water partition coefficient (Wildman–Crippen LogP) is 2.09. The average Bonchev–Trinajstić information content (AvgIpc) is 3.15. The van der Waals surface area contributed by atoms with E-state index in [9.17, 15) is 14.4 Å². The van der Waals surface area contributed by atoms with E-state index >= 15 is 0 Å². The third kappa shape index (κ3) is 3.27. The van der Waals surface area contributed by atoms with Crippen molar-refractivity contribution < 1.29 is 9.59 Å². The quantitative estimate of drug-likeness (QED) is 0.726. The van der Waals surface area contributed by atoms with Crippen molar-refractivity contribution in [3.8, 4) is 0 Å². The lowest BCUT2D eigenvalue weighted by Crippen LogP contribution is -2.33. The van der Waals surface area contributed by atoms with Crippen LogP contribution in [0.4, 0.5) is 11.4 Å². The highest BCUT2D eigenvalue weighted by molar-refractivity contribution is 6.44. The van der Waals surface area contributed by atoms with E-state index in [0.717, 1.165) is 5.69 Å². The van der Waals surface area contributed by atoms with Crippen molar-refractivity contribution in [2.24, 2.45) is 5.10 Å². The minimum atomic E-state index is -0.521. The van der Waals surface area contributed by atoms with Gasteiger partial charge in [-0.15, -0.1) is 0 Å². The van der Waals surface area contributed by atoms with Crippen molar-refractivity contribution in [2.75, 3.05) is 10.3 Å². The lowest BCUT2D eigenvalue weighted by Gasteiger charge is -2.20. The highest BCUT2D eigenvalue weighted by Crippen LogP contribution is 2.25. The van der Waals surface area contributed by atoms with Crippen molar-refractivity contribution in [1.82, 2.24) is 9.97 Å². The number of Topliss-reactive ketones (excluding diaryl/α,β-unsaturated/α-hetero) is 1. The zero-order chi connectivity index (χ0) is 19.7. The van der Waals surface area contributed by atoms with Gasteiger partial charge in [-0.2, -0.15) is 5.10 Å². The number of carbonyl (C=O) groups is 2. The zero-order valence-corrected chi connectivity index (χ0v) is 15.0. The van der Waals surface area contributed by atoms with Crippen molar-refractivity contribution in [1.29, 1.82) is 0 Å². The normalized spacial score (nSPS) is 16.1. The summed E-state index contributed by atoms with van der Waals surface area (Å²) in [4.78, 5) is 43.2. The first-order valence-corrected chi connectivity index (χ1v) is 8.74. The summed E-state index contributed by atoms with van der Waals surface area (Å²) in [5, 5.41) is 9.07. The molecule has 1 aliphatic heterocycles. The van der Waals surface area contributed by atoms with Crippen LogP contribution in [0.3, 0.4) is 0 Å². The predicted molar refractivity (Wildman–Crippen MR) is 106 cm³/mol. The molecule has 8 nitrogen and oxygen atoms in total. The number of nitrogens with zero attached hydrogens (tertiary/aromatic N) is 3. The van der Waals surface area contributed by atoms with Gasteiger partial charge in [-0.05, 0) is 37.3 Å². The Labute approximate surface area is 159 Å². The van der Waals surface area contributed by atoms with Gasteiger partial charge in [0.2, 0.25) is 0 Å². The minimum Gasteiger partial charge on any atom is -0.321 e. The average molecular weight is 375 g/mol. The summed E-state index contributed by atoms with van der Waals surface area (Å²) in [6.45, 7) is 1.49. The summed E-state index contributed by atoms with van der Waals surface area (Å²) in [5.74, 6) is -0.483. The van der Waals surface area contributed by atoms with Crippen molar-refractivity contribution in [3.63, 3.8) is 0 Å². The lowest BCUT2D eigenvalue weighted by molar-refractivity contribution is -0.118. The molecule has 0 spiro atoms. The molecule has 1 aliphatic rings. The molecule has 2 aromatic carbocycles. The summed E-state index contributed by atoms with van der Waals surface area (Å²) in [6, 6.07) is 13.6. The fraction of sp³-hybridized carbons (Fsp3) is 0.150. The number of ketones is 1. The van der Waals surface area contributed by atoms with Gasteiger partial charge in [0.05, 0.1) is 22.9 Å². The van der Waals surface area contributed by atoms with Gasteiger partial charge < -0.3 is 10.3 Å². The molecular weight excluding hydrogens is 358 g/mol. The second kappa shape index (κ2) is 7.07. The lowest BCUT2D eigenvalue weighted by atomic mass is 10.1. The SMILES string of the molecule is CC(=O)C1CC(C(=O)Nc2ccc3nc[nH]c(=O)c3c2)=NN1c1ccccc1. The van der Waals surface area contributed by atoms with Crippen LogP contribution >= 0.6 is 0 Å². The molecule has 1 amide bonds. The van der Waals surface area contributed by atoms with Crippen LogP contribution in [-0.4, -0.2) is 33.4 Å². The van der Waals surface area contributed by atoms with E-state index in [1.807, 2.05) is 30.3 Å². The van der Waals surface area contributed by atoms with Gasteiger partial charge in [0.25, 0.3) is 11.5 Å². The number of hydrogen-bond acceptors (Lipinski definition) is 6.